The lowest BCUT2D eigenvalue weighted by molar-refractivity contribution is -0.115. The van der Waals surface area contributed by atoms with E-state index in [-0.39, 0.29) is 15.5 Å². The maximum atomic E-state index is 12.4. The van der Waals surface area contributed by atoms with Crippen molar-refractivity contribution in [2.75, 3.05) is 11.9 Å². The zero-order chi connectivity index (χ0) is 21.8. The van der Waals surface area contributed by atoms with Gasteiger partial charge in [0, 0.05) is 5.69 Å². The van der Waals surface area contributed by atoms with E-state index in [0.29, 0.717) is 0 Å². The van der Waals surface area contributed by atoms with E-state index in [2.05, 4.69) is 10.0 Å². The second-order valence-corrected chi connectivity index (χ2v) is 9.45. The number of hydrogen-bond acceptors (Lipinski definition) is 5. The summed E-state index contributed by atoms with van der Waals surface area (Å²) in [5, 5.41) is 2.43. The van der Waals surface area contributed by atoms with Gasteiger partial charge in [0.25, 0.3) is 10.1 Å². The molecule has 1 amide bonds. The van der Waals surface area contributed by atoms with Crippen molar-refractivity contribution in [1.29, 1.82) is 0 Å². The third-order valence-electron chi connectivity index (χ3n) is 4.13. The van der Waals surface area contributed by atoms with Crippen LogP contribution in [0, 0.1) is 0 Å². The van der Waals surface area contributed by atoms with E-state index < -0.39 is 32.6 Å². The number of carbonyl (C=O) groups is 1. The Morgan fingerprint density at radius 1 is 0.733 bits per heavy atom. The quantitative estimate of drug-likeness (QED) is 0.478. The van der Waals surface area contributed by atoms with E-state index in [1.807, 2.05) is 30.3 Å². The van der Waals surface area contributed by atoms with Gasteiger partial charge in [0.05, 0.1) is 16.3 Å². The lowest BCUT2D eigenvalue weighted by Crippen LogP contribution is -2.32. The van der Waals surface area contributed by atoms with Gasteiger partial charge < -0.3 is 5.32 Å². The van der Waals surface area contributed by atoms with E-state index in [4.69, 9.17) is 4.55 Å². The molecule has 3 N–H and O–H groups in total. The smallest absolute Gasteiger partial charge is 0.294 e. The summed E-state index contributed by atoms with van der Waals surface area (Å²) in [7, 11) is -8.23. The number of nitrogens with one attached hydrogen (secondary N) is 2. The number of sulfonamides is 1. The summed E-state index contributed by atoms with van der Waals surface area (Å²) in [6, 6.07) is 20.5. The fourth-order valence-electron chi connectivity index (χ4n) is 2.62. The molecule has 30 heavy (non-hydrogen) atoms. The van der Waals surface area contributed by atoms with Crippen LogP contribution in [-0.2, 0) is 24.9 Å². The largest absolute Gasteiger partial charge is 0.325 e. The Morgan fingerprint density at radius 2 is 1.27 bits per heavy atom. The Bertz CT molecular complexity index is 1240. The van der Waals surface area contributed by atoms with Crippen LogP contribution in [0.25, 0.3) is 11.1 Å². The van der Waals surface area contributed by atoms with Crippen molar-refractivity contribution in [3.05, 3.63) is 78.9 Å². The Morgan fingerprint density at radius 3 is 1.83 bits per heavy atom. The SMILES string of the molecule is O=C(CNS(=O)(=O)c1ccc(-c2ccccc2)cc1)Nc1ccc(S(=O)(=O)O)cc1. The summed E-state index contributed by atoms with van der Waals surface area (Å²) in [4.78, 5) is 11.7. The molecule has 3 aromatic rings. The molecule has 0 atom stereocenters. The first-order chi connectivity index (χ1) is 14.1. The topological polar surface area (TPSA) is 130 Å². The van der Waals surface area contributed by atoms with Crippen LogP contribution in [0.1, 0.15) is 0 Å². The molecule has 0 aliphatic heterocycles. The summed E-state index contributed by atoms with van der Waals surface area (Å²) in [6.07, 6.45) is 0. The predicted molar refractivity (Wildman–Crippen MR) is 112 cm³/mol. The van der Waals surface area contributed by atoms with E-state index >= 15 is 0 Å². The number of hydrogen-bond donors (Lipinski definition) is 3. The summed E-state index contributed by atoms with van der Waals surface area (Å²) in [5.74, 6) is -0.640. The molecule has 0 saturated carbocycles. The van der Waals surface area contributed by atoms with Crippen LogP contribution in [-0.4, -0.2) is 33.8 Å². The van der Waals surface area contributed by atoms with Crippen molar-refractivity contribution in [2.45, 2.75) is 9.79 Å². The van der Waals surface area contributed by atoms with Crippen LogP contribution >= 0.6 is 0 Å². The number of benzene rings is 3. The van der Waals surface area contributed by atoms with Crippen molar-refractivity contribution in [2.24, 2.45) is 0 Å². The van der Waals surface area contributed by atoms with Gasteiger partial charge in [-0.15, -0.1) is 0 Å². The maximum Gasteiger partial charge on any atom is 0.294 e. The highest BCUT2D eigenvalue weighted by Gasteiger charge is 2.16. The van der Waals surface area contributed by atoms with Gasteiger partial charge in [-0.2, -0.15) is 8.42 Å². The number of anilines is 1. The molecule has 0 bridgehead atoms. The average Bonchev–Trinajstić information content (AvgIpc) is 2.73. The molecule has 0 unspecified atom stereocenters. The van der Waals surface area contributed by atoms with Gasteiger partial charge in [-0.1, -0.05) is 42.5 Å². The maximum absolute atomic E-state index is 12.4. The molecule has 8 nitrogen and oxygen atoms in total. The average molecular weight is 447 g/mol. The van der Waals surface area contributed by atoms with Crippen molar-refractivity contribution >= 4 is 31.7 Å². The molecule has 0 aromatic heterocycles. The van der Waals surface area contributed by atoms with Crippen LogP contribution in [0.15, 0.2) is 88.7 Å². The van der Waals surface area contributed by atoms with Gasteiger partial charge in [0.2, 0.25) is 15.9 Å². The molecule has 0 radical (unpaired) electrons. The molecular formula is C20H18N2O6S2. The predicted octanol–water partition coefficient (Wildman–Crippen LogP) is 2.52. The number of amides is 1. The van der Waals surface area contributed by atoms with Crippen molar-refractivity contribution in [3.63, 3.8) is 0 Å². The molecular weight excluding hydrogens is 428 g/mol. The van der Waals surface area contributed by atoms with Gasteiger partial charge in [0.1, 0.15) is 0 Å². The Kier molecular flexibility index (Phi) is 6.32. The Labute approximate surface area is 174 Å². The van der Waals surface area contributed by atoms with Crippen LogP contribution < -0.4 is 10.0 Å². The van der Waals surface area contributed by atoms with Gasteiger partial charge in [0.15, 0.2) is 0 Å². The van der Waals surface area contributed by atoms with Crippen molar-refractivity contribution in [1.82, 2.24) is 4.72 Å². The molecule has 0 heterocycles. The third-order valence-corrected chi connectivity index (χ3v) is 6.42. The fraction of sp³-hybridized carbons (Fsp3) is 0.0500. The molecule has 3 rings (SSSR count). The lowest BCUT2D eigenvalue weighted by atomic mass is 10.1. The number of carbonyl (C=O) groups excluding carboxylic acids is 1. The minimum absolute atomic E-state index is 0.0208. The summed E-state index contributed by atoms with van der Waals surface area (Å²) in [5.41, 5.74) is 2.06. The molecule has 156 valence electrons. The highest BCUT2D eigenvalue weighted by atomic mass is 32.2. The molecule has 0 fully saturated rings. The van der Waals surface area contributed by atoms with Gasteiger partial charge in [-0.3, -0.25) is 9.35 Å². The fourth-order valence-corrected chi connectivity index (χ4v) is 4.08. The first kappa shape index (κ1) is 21.7. The van der Waals surface area contributed by atoms with Crippen molar-refractivity contribution in [3.8, 4) is 11.1 Å². The first-order valence-electron chi connectivity index (χ1n) is 8.68. The summed E-state index contributed by atoms with van der Waals surface area (Å²) < 4.78 is 58.0. The van der Waals surface area contributed by atoms with Crippen LogP contribution in [0.2, 0.25) is 0 Å². The minimum Gasteiger partial charge on any atom is -0.325 e. The molecule has 3 aromatic carbocycles. The third kappa shape index (κ3) is 5.51. The standard InChI is InChI=1S/C20H18N2O6S2/c23-20(22-17-8-12-19(13-9-17)30(26,27)28)14-21-29(24,25)18-10-6-16(7-11-18)15-4-2-1-3-5-15/h1-13,21H,14H2,(H,22,23)(H,26,27,28). The molecule has 10 heteroatoms. The summed E-state index contributed by atoms with van der Waals surface area (Å²) in [6.45, 7) is -0.511. The normalized spacial score (nSPS) is 11.8. The second kappa shape index (κ2) is 8.76. The van der Waals surface area contributed by atoms with Crippen LogP contribution in [0.4, 0.5) is 5.69 Å². The van der Waals surface area contributed by atoms with E-state index in [1.165, 1.54) is 24.3 Å². The van der Waals surface area contributed by atoms with Crippen LogP contribution in [0.3, 0.4) is 0 Å². The highest BCUT2D eigenvalue weighted by Crippen LogP contribution is 2.21. The van der Waals surface area contributed by atoms with E-state index in [1.54, 1.807) is 12.1 Å². The second-order valence-electron chi connectivity index (χ2n) is 6.26. The Hall–Kier alpha value is -3.05. The monoisotopic (exact) mass is 446 g/mol. The molecule has 0 spiro atoms. The highest BCUT2D eigenvalue weighted by molar-refractivity contribution is 7.89. The van der Waals surface area contributed by atoms with Gasteiger partial charge in [-0.25, -0.2) is 13.1 Å². The van der Waals surface area contributed by atoms with E-state index in [0.717, 1.165) is 23.3 Å². The number of rotatable bonds is 7. The minimum atomic E-state index is -4.33. The molecule has 0 saturated heterocycles. The van der Waals surface area contributed by atoms with Gasteiger partial charge >= 0.3 is 0 Å². The summed E-state index contributed by atoms with van der Waals surface area (Å²) >= 11 is 0. The molecule has 0 aliphatic carbocycles. The first-order valence-corrected chi connectivity index (χ1v) is 11.6. The van der Waals surface area contributed by atoms with E-state index in [9.17, 15) is 21.6 Å². The van der Waals surface area contributed by atoms with Gasteiger partial charge in [-0.05, 0) is 47.5 Å². The Balaban J connectivity index is 1.61. The zero-order valence-corrected chi connectivity index (χ0v) is 17.2. The molecule has 0 aliphatic rings. The zero-order valence-electron chi connectivity index (χ0n) is 15.5. The van der Waals surface area contributed by atoms with Crippen molar-refractivity contribution < 1.29 is 26.2 Å². The van der Waals surface area contributed by atoms with Crippen LogP contribution in [0.5, 0.6) is 0 Å². The lowest BCUT2D eigenvalue weighted by Gasteiger charge is -2.09.